The maximum absolute atomic E-state index is 12.1. The fourth-order valence-corrected chi connectivity index (χ4v) is 3.32. The van der Waals surface area contributed by atoms with Crippen molar-refractivity contribution in [1.82, 2.24) is 4.57 Å². The van der Waals surface area contributed by atoms with Crippen LogP contribution in [0.15, 0.2) is 62.6 Å². The Kier molecular flexibility index (Phi) is 4.94. The molecular formula is C18H18N2O5S. The van der Waals surface area contributed by atoms with Crippen LogP contribution < -0.4 is 11.1 Å². The van der Waals surface area contributed by atoms with E-state index in [1.165, 1.54) is 16.7 Å². The van der Waals surface area contributed by atoms with Crippen LogP contribution in [0.4, 0.5) is 5.69 Å². The predicted octanol–water partition coefficient (Wildman–Crippen LogP) is 2.42. The molecule has 0 aliphatic rings. The highest BCUT2D eigenvalue weighted by molar-refractivity contribution is 7.90. The Morgan fingerprint density at radius 2 is 1.92 bits per heavy atom. The minimum Gasteiger partial charge on any atom is -0.408 e. The summed E-state index contributed by atoms with van der Waals surface area (Å²) in [6.45, 7) is 0.354. The van der Waals surface area contributed by atoms with Crippen LogP contribution in [-0.2, 0) is 21.2 Å². The first-order valence-corrected chi connectivity index (χ1v) is 9.92. The summed E-state index contributed by atoms with van der Waals surface area (Å²) in [4.78, 5) is 24.1. The maximum Gasteiger partial charge on any atom is 0.419 e. The van der Waals surface area contributed by atoms with Gasteiger partial charge in [-0.2, -0.15) is 0 Å². The molecule has 0 saturated carbocycles. The Hall–Kier alpha value is -2.87. The van der Waals surface area contributed by atoms with Crippen LogP contribution in [0, 0.1) is 0 Å². The highest BCUT2D eigenvalue weighted by Gasteiger charge is 2.11. The highest BCUT2D eigenvalue weighted by Crippen LogP contribution is 2.16. The second-order valence-corrected chi connectivity index (χ2v) is 7.95. The van der Waals surface area contributed by atoms with E-state index in [0.717, 1.165) is 6.26 Å². The lowest BCUT2D eigenvalue weighted by Crippen LogP contribution is -2.17. The van der Waals surface area contributed by atoms with Crippen LogP contribution in [0.25, 0.3) is 11.1 Å². The number of fused-ring (bicyclic) bond motifs is 1. The number of nitrogens with zero attached hydrogens (tertiary/aromatic N) is 1. The quantitative estimate of drug-likeness (QED) is 0.714. The van der Waals surface area contributed by atoms with Crippen molar-refractivity contribution in [1.29, 1.82) is 0 Å². The third kappa shape index (κ3) is 4.02. The number of oxazole rings is 1. The van der Waals surface area contributed by atoms with Gasteiger partial charge < -0.3 is 9.73 Å². The van der Waals surface area contributed by atoms with Gasteiger partial charge in [-0.3, -0.25) is 9.36 Å². The molecule has 0 radical (unpaired) electrons. The zero-order chi connectivity index (χ0) is 18.7. The minimum absolute atomic E-state index is 0.145. The molecule has 0 atom stereocenters. The van der Waals surface area contributed by atoms with E-state index < -0.39 is 15.6 Å². The smallest absolute Gasteiger partial charge is 0.408 e. The van der Waals surface area contributed by atoms with E-state index in [1.54, 1.807) is 30.3 Å². The number of hydrogen-bond donors (Lipinski definition) is 1. The highest BCUT2D eigenvalue weighted by atomic mass is 32.2. The van der Waals surface area contributed by atoms with Crippen LogP contribution in [0.5, 0.6) is 0 Å². The molecule has 7 nitrogen and oxygen atoms in total. The second-order valence-electron chi connectivity index (χ2n) is 5.94. The van der Waals surface area contributed by atoms with Crippen LogP contribution in [0.1, 0.15) is 12.8 Å². The number of sulfone groups is 1. The molecule has 0 aliphatic carbocycles. The molecule has 2 aromatic carbocycles. The first-order chi connectivity index (χ1) is 12.3. The summed E-state index contributed by atoms with van der Waals surface area (Å²) >= 11 is 0. The Morgan fingerprint density at radius 1 is 1.15 bits per heavy atom. The van der Waals surface area contributed by atoms with E-state index in [1.807, 2.05) is 6.07 Å². The van der Waals surface area contributed by atoms with Gasteiger partial charge in [0.05, 0.1) is 10.4 Å². The van der Waals surface area contributed by atoms with Gasteiger partial charge in [-0.1, -0.05) is 18.2 Å². The Bertz CT molecular complexity index is 1110. The molecule has 1 amide bonds. The summed E-state index contributed by atoms with van der Waals surface area (Å²) in [5.74, 6) is -0.705. The molecule has 0 fully saturated rings. The Balaban J connectivity index is 1.61. The molecule has 3 aromatic rings. The zero-order valence-electron chi connectivity index (χ0n) is 14.1. The second kappa shape index (κ2) is 7.17. The molecule has 26 heavy (non-hydrogen) atoms. The standard InChI is InChI=1S/C18H18N2O5S/c1-26(23,24)14-7-4-6-13(12-14)19-17(21)10-5-11-20-15-8-2-3-9-16(15)25-18(20)22/h2-4,6-9,12H,5,10-11H2,1H3,(H,19,21). The van der Waals surface area contributed by atoms with Crippen molar-refractivity contribution in [3.05, 3.63) is 59.1 Å². The van der Waals surface area contributed by atoms with E-state index in [0.29, 0.717) is 29.8 Å². The lowest BCUT2D eigenvalue weighted by Gasteiger charge is -2.07. The molecule has 136 valence electrons. The number of rotatable bonds is 6. The zero-order valence-corrected chi connectivity index (χ0v) is 15.0. The number of benzene rings is 2. The van der Waals surface area contributed by atoms with Gasteiger partial charge in [0.1, 0.15) is 0 Å². The third-order valence-corrected chi connectivity index (χ3v) is 5.02. The van der Waals surface area contributed by atoms with Crippen molar-refractivity contribution >= 4 is 32.5 Å². The Labute approximate surface area is 150 Å². The number of hydrogen-bond acceptors (Lipinski definition) is 5. The van der Waals surface area contributed by atoms with Gasteiger partial charge in [0.2, 0.25) is 5.91 Å². The number of carbonyl (C=O) groups excluding carboxylic acids is 1. The summed E-state index contributed by atoms with van der Waals surface area (Å²) in [5, 5.41) is 2.67. The number of carbonyl (C=O) groups is 1. The van der Waals surface area contributed by atoms with E-state index >= 15 is 0 Å². The van der Waals surface area contributed by atoms with Crippen molar-refractivity contribution in [3.63, 3.8) is 0 Å². The SMILES string of the molecule is CS(=O)(=O)c1cccc(NC(=O)CCCn2c(=O)oc3ccccc32)c1. The largest absolute Gasteiger partial charge is 0.419 e. The molecule has 3 rings (SSSR count). The van der Waals surface area contributed by atoms with E-state index in [2.05, 4.69) is 5.32 Å². The van der Waals surface area contributed by atoms with Crippen molar-refractivity contribution < 1.29 is 17.6 Å². The summed E-state index contributed by atoms with van der Waals surface area (Å²) in [7, 11) is -3.33. The van der Waals surface area contributed by atoms with Gasteiger partial charge in [0.15, 0.2) is 15.4 Å². The molecule has 0 unspecified atom stereocenters. The summed E-state index contributed by atoms with van der Waals surface area (Å²) < 4.78 is 29.8. The Morgan fingerprint density at radius 3 is 2.69 bits per heavy atom. The predicted molar refractivity (Wildman–Crippen MR) is 97.9 cm³/mol. The number of aryl methyl sites for hydroxylation is 1. The molecule has 0 aliphatic heterocycles. The first kappa shape index (κ1) is 17.9. The number of anilines is 1. The molecule has 0 bridgehead atoms. The molecular weight excluding hydrogens is 356 g/mol. The number of aromatic nitrogens is 1. The number of nitrogens with one attached hydrogen (secondary N) is 1. The lowest BCUT2D eigenvalue weighted by atomic mass is 10.2. The van der Waals surface area contributed by atoms with Crippen LogP contribution >= 0.6 is 0 Å². The van der Waals surface area contributed by atoms with Crippen molar-refractivity contribution in [2.24, 2.45) is 0 Å². The summed E-state index contributed by atoms with van der Waals surface area (Å²) in [6.07, 6.45) is 1.75. The molecule has 8 heteroatoms. The van der Waals surface area contributed by atoms with Gasteiger partial charge in [-0.05, 0) is 36.8 Å². The van der Waals surface area contributed by atoms with Crippen molar-refractivity contribution in [3.8, 4) is 0 Å². The molecule has 0 spiro atoms. The topological polar surface area (TPSA) is 98.4 Å². The van der Waals surface area contributed by atoms with Crippen molar-refractivity contribution in [2.75, 3.05) is 11.6 Å². The van der Waals surface area contributed by atoms with Gasteiger partial charge in [-0.25, -0.2) is 13.2 Å². The van der Waals surface area contributed by atoms with Crippen molar-refractivity contribution in [2.45, 2.75) is 24.3 Å². The molecule has 1 heterocycles. The summed E-state index contributed by atoms with van der Waals surface area (Å²) in [6, 6.07) is 13.2. The third-order valence-electron chi connectivity index (χ3n) is 3.91. The van der Waals surface area contributed by atoms with Crippen LogP contribution in [0.3, 0.4) is 0 Å². The van der Waals surface area contributed by atoms with Gasteiger partial charge in [-0.15, -0.1) is 0 Å². The normalized spacial score (nSPS) is 11.6. The number of para-hydroxylation sites is 2. The van der Waals surface area contributed by atoms with Crippen LogP contribution in [-0.4, -0.2) is 25.1 Å². The number of amides is 1. The molecule has 1 aromatic heterocycles. The molecule has 1 N–H and O–H groups in total. The van der Waals surface area contributed by atoms with Gasteiger partial charge >= 0.3 is 5.76 Å². The maximum atomic E-state index is 12.1. The monoisotopic (exact) mass is 374 g/mol. The molecule has 0 saturated heterocycles. The van der Waals surface area contributed by atoms with Gasteiger partial charge in [0.25, 0.3) is 0 Å². The average molecular weight is 374 g/mol. The first-order valence-electron chi connectivity index (χ1n) is 8.03. The fraction of sp³-hybridized carbons (Fsp3) is 0.222. The lowest BCUT2D eigenvalue weighted by molar-refractivity contribution is -0.116. The van der Waals surface area contributed by atoms with E-state index in [4.69, 9.17) is 4.42 Å². The van der Waals surface area contributed by atoms with Gasteiger partial charge in [0, 0.05) is 24.9 Å². The fourth-order valence-electron chi connectivity index (χ4n) is 2.65. The summed E-state index contributed by atoms with van der Waals surface area (Å²) in [5.41, 5.74) is 1.63. The average Bonchev–Trinajstić information content (AvgIpc) is 2.90. The van der Waals surface area contributed by atoms with Crippen LogP contribution in [0.2, 0.25) is 0 Å². The minimum atomic E-state index is -3.33. The van der Waals surface area contributed by atoms with E-state index in [9.17, 15) is 18.0 Å². The van der Waals surface area contributed by atoms with E-state index in [-0.39, 0.29) is 17.2 Å².